The van der Waals surface area contributed by atoms with Crippen LogP contribution in [0, 0.1) is 6.92 Å². The van der Waals surface area contributed by atoms with Crippen LogP contribution in [0.4, 0.5) is 11.4 Å². The van der Waals surface area contributed by atoms with Crippen LogP contribution in [0.1, 0.15) is 65.3 Å². The summed E-state index contributed by atoms with van der Waals surface area (Å²) in [6.07, 6.45) is 3.61. The average Bonchev–Trinajstić information content (AvgIpc) is 3.12. The molecule has 1 saturated heterocycles. The molecule has 4 rings (SSSR count). The van der Waals surface area contributed by atoms with Crippen molar-refractivity contribution in [3.05, 3.63) is 77.4 Å². The van der Waals surface area contributed by atoms with E-state index in [4.69, 9.17) is 14.2 Å². The first kappa shape index (κ1) is 41.6. The Labute approximate surface area is 313 Å². The summed E-state index contributed by atoms with van der Waals surface area (Å²) in [5.41, 5.74) is 2.73. The van der Waals surface area contributed by atoms with Gasteiger partial charge in [0.15, 0.2) is 0 Å². The van der Waals surface area contributed by atoms with Gasteiger partial charge in [-0.25, -0.2) is 0 Å². The number of aryl methyl sites for hydroxylation is 1. The van der Waals surface area contributed by atoms with Crippen molar-refractivity contribution in [1.82, 2.24) is 15.1 Å². The minimum Gasteiger partial charge on any atom is -0.495 e. The Morgan fingerprint density at radius 1 is 0.827 bits per heavy atom. The fourth-order valence-corrected chi connectivity index (χ4v) is 5.68. The Bertz CT molecular complexity index is 1660. The molecule has 12 nitrogen and oxygen atoms in total. The Hall–Kier alpha value is -4.81. The molecule has 0 bridgehead atoms. The average molecular weight is 738 g/mol. The molecular weight excluding hydrogens is 686 g/mol. The normalized spacial score (nSPS) is 12.7. The van der Waals surface area contributed by atoms with E-state index in [1.165, 1.54) is 18.9 Å². The van der Waals surface area contributed by atoms with Crippen LogP contribution in [0.5, 0.6) is 17.2 Å². The summed E-state index contributed by atoms with van der Waals surface area (Å²) < 4.78 is 17.6. The number of likely N-dealkylation sites (N-methyl/N-ethyl adjacent to an activating group) is 1. The van der Waals surface area contributed by atoms with Gasteiger partial charge in [-0.1, -0.05) is 18.2 Å². The molecule has 1 aliphatic rings. The van der Waals surface area contributed by atoms with Gasteiger partial charge in [0.25, 0.3) is 11.8 Å². The fourth-order valence-electron chi connectivity index (χ4n) is 5.68. The van der Waals surface area contributed by atoms with E-state index in [1.54, 1.807) is 49.5 Å². The van der Waals surface area contributed by atoms with Crippen LogP contribution in [0.2, 0.25) is 0 Å². The number of unbranched alkanes of at least 4 members (excludes halogenated alkanes) is 2. The third kappa shape index (κ3) is 12.2. The number of methoxy groups -OCH3 is 1. The lowest BCUT2D eigenvalue weighted by atomic mass is 10.1. The first-order valence-electron chi connectivity index (χ1n) is 17.5. The summed E-state index contributed by atoms with van der Waals surface area (Å²) in [6.45, 7) is 8.12. The van der Waals surface area contributed by atoms with Crippen molar-refractivity contribution in [2.24, 2.45) is 0 Å². The van der Waals surface area contributed by atoms with E-state index < -0.39 is 5.91 Å². The highest BCUT2D eigenvalue weighted by Crippen LogP contribution is 2.32. The van der Waals surface area contributed by atoms with E-state index in [9.17, 15) is 19.2 Å². The van der Waals surface area contributed by atoms with Gasteiger partial charge in [-0.05, 0) is 87.7 Å². The van der Waals surface area contributed by atoms with Gasteiger partial charge in [0.05, 0.1) is 37.3 Å². The molecule has 0 aliphatic carbocycles. The number of hydrogen-bond acceptors (Lipinski definition) is 8. The third-order valence-corrected chi connectivity index (χ3v) is 8.71. The molecule has 2 N–H and O–H groups in total. The van der Waals surface area contributed by atoms with Gasteiger partial charge in [0.2, 0.25) is 11.8 Å². The predicted molar refractivity (Wildman–Crippen MR) is 205 cm³/mol. The largest absolute Gasteiger partial charge is 0.495 e. The molecule has 13 heteroatoms. The van der Waals surface area contributed by atoms with Gasteiger partial charge in [0.1, 0.15) is 17.2 Å². The van der Waals surface area contributed by atoms with Crippen LogP contribution in [-0.2, 0) is 9.59 Å². The maximum atomic E-state index is 13.7. The van der Waals surface area contributed by atoms with E-state index in [0.29, 0.717) is 72.4 Å². The zero-order valence-corrected chi connectivity index (χ0v) is 31.7. The van der Waals surface area contributed by atoms with Crippen LogP contribution in [0.25, 0.3) is 0 Å². The maximum Gasteiger partial charge on any atom is 0.259 e. The number of ether oxygens (including phenoxy) is 3. The zero-order valence-electron chi connectivity index (χ0n) is 30.9. The number of anilines is 2. The third-order valence-electron chi connectivity index (χ3n) is 8.71. The number of carbonyl (C=O) groups excluding carboxylic acids is 4. The minimum atomic E-state index is -0.398. The van der Waals surface area contributed by atoms with Gasteiger partial charge in [-0.3, -0.25) is 19.2 Å². The van der Waals surface area contributed by atoms with Gasteiger partial charge in [0, 0.05) is 58.7 Å². The van der Waals surface area contributed by atoms with Crippen LogP contribution < -0.4 is 29.7 Å². The molecule has 0 unspecified atom stereocenters. The number of nitrogens with one attached hydrogen (secondary N) is 2. The smallest absolute Gasteiger partial charge is 0.259 e. The van der Waals surface area contributed by atoms with Crippen molar-refractivity contribution in [1.29, 1.82) is 0 Å². The molecule has 0 spiro atoms. The van der Waals surface area contributed by atoms with Crippen molar-refractivity contribution >= 4 is 47.4 Å². The summed E-state index contributed by atoms with van der Waals surface area (Å²) in [4.78, 5) is 56.4. The maximum absolute atomic E-state index is 13.7. The number of nitrogens with zero attached hydrogens (tertiary/aromatic N) is 3. The first-order valence-corrected chi connectivity index (χ1v) is 17.5. The SMILES string of the molecule is COc1cc(C(=O)N(C)c2ccc(C)cc2OCCCCCC(=O)N2CCN(C)CC2)ccc1NC(=O)c1ccccc1OCCCNC(C)=O.Cl. The predicted octanol–water partition coefficient (Wildman–Crippen LogP) is 5.57. The molecule has 0 aromatic heterocycles. The number of piperazine rings is 1. The molecule has 0 atom stereocenters. The van der Waals surface area contributed by atoms with Crippen molar-refractivity contribution < 1.29 is 33.4 Å². The van der Waals surface area contributed by atoms with Crippen molar-refractivity contribution in [2.45, 2.75) is 46.0 Å². The Kier molecular flexibility index (Phi) is 16.7. The molecule has 0 radical (unpaired) electrons. The molecule has 52 heavy (non-hydrogen) atoms. The lowest BCUT2D eigenvalue weighted by Gasteiger charge is -2.32. The topological polar surface area (TPSA) is 130 Å². The molecule has 1 fully saturated rings. The van der Waals surface area contributed by atoms with Crippen molar-refractivity contribution in [3.63, 3.8) is 0 Å². The number of carbonyl (C=O) groups is 4. The van der Waals surface area contributed by atoms with Crippen LogP contribution in [-0.4, -0.2) is 101 Å². The number of rotatable bonds is 17. The molecule has 0 saturated carbocycles. The molecular formula is C39H52ClN5O7. The second-order valence-corrected chi connectivity index (χ2v) is 12.7. The second-order valence-electron chi connectivity index (χ2n) is 12.7. The van der Waals surface area contributed by atoms with E-state index in [2.05, 4.69) is 22.6 Å². The standard InChI is InChI=1S/C39H51N5O7.ClH/c1-28-15-18-33(36(26-28)51-24-10-6-7-14-37(46)44-22-20-42(3)21-23-44)43(4)39(48)30-16-17-32(35(27-30)49-5)41-38(47)31-12-8-9-13-34(31)50-25-11-19-40-29(2)45;/h8-9,12-13,15-18,26-27H,6-7,10-11,14,19-25H2,1-5H3,(H,40,45)(H,41,47);1H. The summed E-state index contributed by atoms with van der Waals surface area (Å²) in [5.74, 6) is 0.777. The minimum absolute atomic E-state index is 0. The monoisotopic (exact) mass is 737 g/mol. The van der Waals surface area contributed by atoms with E-state index in [-0.39, 0.29) is 30.1 Å². The molecule has 3 aromatic rings. The lowest BCUT2D eigenvalue weighted by Crippen LogP contribution is -2.47. The van der Waals surface area contributed by atoms with E-state index in [0.717, 1.165) is 51.0 Å². The summed E-state index contributed by atoms with van der Waals surface area (Å²) >= 11 is 0. The second kappa shape index (κ2) is 20.9. The van der Waals surface area contributed by atoms with E-state index >= 15 is 0 Å². The summed E-state index contributed by atoms with van der Waals surface area (Å²) in [5, 5.41) is 5.59. The number of benzene rings is 3. The van der Waals surface area contributed by atoms with Gasteiger partial charge in [-0.15, -0.1) is 12.4 Å². The molecule has 1 heterocycles. The van der Waals surface area contributed by atoms with Gasteiger partial charge < -0.3 is 39.5 Å². The van der Waals surface area contributed by atoms with Gasteiger partial charge in [-0.2, -0.15) is 0 Å². The highest BCUT2D eigenvalue weighted by Gasteiger charge is 2.21. The number of halogens is 1. The summed E-state index contributed by atoms with van der Waals surface area (Å²) in [6, 6.07) is 17.5. The van der Waals surface area contributed by atoms with Crippen molar-refractivity contribution in [2.75, 3.05) is 77.4 Å². The van der Waals surface area contributed by atoms with Crippen LogP contribution in [0.15, 0.2) is 60.7 Å². The Morgan fingerprint density at radius 3 is 2.27 bits per heavy atom. The number of hydrogen-bond donors (Lipinski definition) is 2. The highest BCUT2D eigenvalue weighted by atomic mass is 35.5. The molecule has 1 aliphatic heterocycles. The van der Waals surface area contributed by atoms with Crippen LogP contribution >= 0.6 is 12.4 Å². The Morgan fingerprint density at radius 2 is 1.54 bits per heavy atom. The van der Waals surface area contributed by atoms with E-state index in [1.807, 2.05) is 30.0 Å². The molecule has 3 aromatic carbocycles. The molecule has 282 valence electrons. The number of amides is 4. The Balaban J connectivity index is 0.00000729. The highest BCUT2D eigenvalue weighted by molar-refractivity contribution is 6.09. The van der Waals surface area contributed by atoms with Crippen LogP contribution in [0.3, 0.4) is 0 Å². The fraction of sp³-hybridized carbons (Fsp3) is 0.436. The molecule has 4 amide bonds. The quantitative estimate of drug-likeness (QED) is 0.172. The first-order chi connectivity index (χ1) is 24.6. The number of para-hydroxylation sites is 1. The van der Waals surface area contributed by atoms with Crippen molar-refractivity contribution in [3.8, 4) is 17.2 Å². The summed E-state index contributed by atoms with van der Waals surface area (Å²) in [7, 11) is 5.25. The lowest BCUT2D eigenvalue weighted by molar-refractivity contribution is -0.132. The zero-order chi connectivity index (χ0) is 36.8. The van der Waals surface area contributed by atoms with Gasteiger partial charge >= 0.3 is 0 Å².